The summed E-state index contributed by atoms with van der Waals surface area (Å²) in [6, 6.07) is 9.23. The van der Waals surface area contributed by atoms with Gasteiger partial charge in [0.25, 0.3) is 11.8 Å². The fraction of sp³-hybridized carbons (Fsp3) is 0.280. The molecule has 176 valence electrons. The van der Waals surface area contributed by atoms with Gasteiger partial charge in [-0.15, -0.1) is 0 Å². The van der Waals surface area contributed by atoms with Crippen molar-refractivity contribution in [2.75, 3.05) is 20.3 Å². The molecule has 0 spiro atoms. The van der Waals surface area contributed by atoms with E-state index in [1.807, 2.05) is 18.4 Å². The number of amides is 2. The van der Waals surface area contributed by atoms with Gasteiger partial charge < -0.3 is 18.5 Å². The van der Waals surface area contributed by atoms with Gasteiger partial charge >= 0.3 is 5.97 Å². The van der Waals surface area contributed by atoms with Gasteiger partial charge in [0.05, 0.1) is 36.1 Å². The Balaban J connectivity index is 1.44. The van der Waals surface area contributed by atoms with Crippen molar-refractivity contribution in [1.82, 2.24) is 9.47 Å². The van der Waals surface area contributed by atoms with Crippen LogP contribution >= 0.6 is 0 Å². The maximum Gasteiger partial charge on any atom is 0.338 e. The number of imide groups is 1. The largest absolute Gasteiger partial charge is 0.467 e. The molecule has 0 radical (unpaired) electrons. The zero-order valence-electron chi connectivity index (χ0n) is 19.1. The van der Waals surface area contributed by atoms with Crippen LogP contribution in [0.1, 0.15) is 58.6 Å². The second kappa shape index (κ2) is 9.48. The van der Waals surface area contributed by atoms with Crippen molar-refractivity contribution in [1.29, 1.82) is 0 Å². The zero-order chi connectivity index (χ0) is 24.4. The number of ether oxygens (including phenoxy) is 2. The predicted octanol–water partition coefficient (Wildman–Crippen LogP) is 3.18. The fourth-order valence-corrected chi connectivity index (χ4v) is 4.02. The molecule has 0 aliphatic carbocycles. The molecule has 1 aromatic carbocycles. The summed E-state index contributed by atoms with van der Waals surface area (Å²) in [5, 5.41) is 0. The van der Waals surface area contributed by atoms with E-state index in [0.29, 0.717) is 24.5 Å². The summed E-state index contributed by atoms with van der Waals surface area (Å²) < 4.78 is 17.5. The van der Waals surface area contributed by atoms with Crippen LogP contribution in [0.25, 0.3) is 0 Å². The van der Waals surface area contributed by atoms with Gasteiger partial charge in [-0.25, -0.2) is 4.79 Å². The molecule has 0 atom stereocenters. The average molecular weight is 464 g/mol. The van der Waals surface area contributed by atoms with E-state index in [1.165, 1.54) is 24.5 Å². The monoisotopic (exact) mass is 464 g/mol. The Bertz CT molecular complexity index is 1270. The summed E-state index contributed by atoms with van der Waals surface area (Å²) in [5.41, 5.74) is 2.55. The molecular weight excluding hydrogens is 440 g/mol. The minimum Gasteiger partial charge on any atom is -0.467 e. The number of aryl methyl sites for hydroxylation is 1. The SMILES string of the molecule is COCCn1c(C)cc(C(=O)COC(=O)c2ccc3c(c2)C(=O)N(Cc2ccco2)C3=O)c1C. The lowest BCUT2D eigenvalue weighted by Crippen LogP contribution is -2.28. The number of hydrogen-bond acceptors (Lipinski definition) is 7. The van der Waals surface area contributed by atoms with E-state index in [0.717, 1.165) is 16.3 Å². The van der Waals surface area contributed by atoms with E-state index in [4.69, 9.17) is 13.9 Å². The van der Waals surface area contributed by atoms with Crippen LogP contribution in [0.2, 0.25) is 0 Å². The van der Waals surface area contributed by atoms with Crippen molar-refractivity contribution >= 4 is 23.6 Å². The summed E-state index contributed by atoms with van der Waals surface area (Å²) >= 11 is 0. The first-order valence-corrected chi connectivity index (χ1v) is 10.7. The average Bonchev–Trinajstić information content (AvgIpc) is 3.51. The van der Waals surface area contributed by atoms with Gasteiger partial charge in [0.2, 0.25) is 5.78 Å². The number of Topliss-reactive ketones (excluding diaryl/α,β-unsaturated/α-hetero) is 1. The van der Waals surface area contributed by atoms with Crippen molar-refractivity contribution in [3.05, 3.63) is 82.1 Å². The first-order chi connectivity index (χ1) is 16.3. The van der Waals surface area contributed by atoms with Crippen LogP contribution in [0.4, 0.5) is 0 Å². The van der Waals surface area contributed by atoms with Gasteiger partial charge in [0, 0.05) is 30.6 Å². The molecular formula is C25H24N2O7. The lowest BCUT2D eigenvalue weighted by Gasteiger charge is -2.11. The summed E-state index contributed by atoms with van der Waals surface area (Å²) in [7, 11) is 1.61. The maximum atomic E-state index is 12.8. The van der Waals surface area contributed by atoms with Crippen LogP contribution in [0.5, 0.6) is 0 Å². The molecule has 0 unspecified atom stereocenters. The van der Waals surface area contributed by atoms with E-state index in [1.54, 1.807) is 25.3 Å². The van der Waals surface area contributed by atoms with Crippen LogP contribution in [-0.2, 0) is 22.6 Å². The van der Waals surface area contributed by atoms with E-state index in [9.17, 15) is 19.2 Å². The second-order valence-electron chi connectivity index (χ2n) is 7.96. The number of furan rings is 1. The van der Waals surface area contributed by atoms with Crippen LogP contribution in [0.15, 0.2) is 47.1 Å². The van der Waals surface area contributed by atoms with Gasteiger partial charge in [0.15, 0.2) is 6.61 Å². The molecule has 4 rings (SSSR count). The highest BCUT2D eigenvalue weighted by Crippen LogP contribution is 2.26. The minimum absolute atomic E-state index is 0.00355. The van der Waals surface area contributed by atoms with Gasteiger partial charge in [-0.2, -0.15) is 0 Å². The van der Waals surface area contributed by atoms with Gasteiger partial charge in [0.1, 0.15) is 5.76 Å². The molecule has 3 aromatic rings. The van der Waals surface area contributed by atoms with Crippen molar-refractivity contribution in [3.8, 4) is 0 Å². The predicted molar refractivity (Wildman–Crippen MR) is 120 cm³/mol. The van der Waals surface area contributed by atoms with Crippen LogP contribution in [0.3, 0.4) is 0 Å². The van der Waals surface area contributed by atoms with Crippen molar-refractivity contribution in [2.45, 2.75) is 26.9 Å². The minimum atomic E-state index is -0.755. The summed E-state index contributed by atoms with van der Waals surface area (Å²) in [4.78, 5) is 51.7. The van der Waals surface area contributed by atoms with Crippen LogP contribution in [-0.4, -0.2) is 53.4 Å². The lowest BCUT2D eigenvalue weighted by atomic mass is 10.1. The number of carbonyl (C=O) groups excluding carboxylic acids is 4. The Labute approximate surface area is 195 Å². The van der Waals surface area contributed by atoms with Crippen molar-refractivity contribution < 1.29 is 33.1 Å². The lowest BCUT2D eigenvalue weighted by molar-refractivity contribution is 0.0474. The molecule has 0 bridgehead atoms. The number of aromatic nitrogens is 1. The molecule has 0 saturated carbocycles. The van der Waals surface area contributed by atoms with E-state index in [2.05, 4.69) is 0 Å². The molecule has 9 nitrogen and oxygen atoms in total. The summed E-state index contributed by atoms with van der Waals surface area (Å²) in [6.07, 6.45) is 1.46. The van der Waals surface area contributed by atoms with Gasteiger partial charge in [-0.1, -0.05) is 0 Å². The normalized spacial score (nSPS) is 12.9. The number of benzene rings is 1. The maximum absolute atomic E-state index is 12.8. The van der Waals surface area contributed by atoms with E-state index < -0.39 is 24.4 Å². The Hall–Kier alpha value is -3.98. The molecule has 0 saturated heterocycles. The van der Waals surface area contributed by atoms with E-state index >= 15 is 0 Å². The molecule has 0 fully saturated rings. The second-order valence-corrected chi connectivity index (χ2v) is 7.96. The molecule has 0 N–H and O–H groups in total. The zero-order valence-corrected chi connectivity index (χ0v) is 19.1. The summed E-state index contributed by atoms with van der Waals surface area (Å²) in [6.45, 7) is 4.40. The number of rotatable bonds is 9. The Morgan fingerprint density at radius 3 is 2.50 bits per heavy atom. The summed E-state index contributed by atoms with van der Waals surface area (Å²) in [5.74, 6) is -1.61. The highest BCUT2D eigenvalue weighted by atomic mass is 16.5. The van der Waals surface area contributed by atoms with Gasteiger partial charge in [-0.05, 0) is 50.2 Å². The first-order valence-electron chi connectivity index (χ1n) is 10.7. The third kappa shape index (κ3) is 4.29. The smallest absolute Gasteiger partial charge is 0.338 e. The number of ketones is 1. The Morgan fingerprint density at radius 1 is 1.03 bits per heavy atom. The topological polar surface area (TPSA) is 108 Å². The third-order valence-corrected chi connectivity index (χ3v) is 5.83. The Kier molecular flexibility index (Phi) is 6.47. The quantitative estimate of drug-likeness (QED) is 0.272. The number of nitrogens with zero attached hydrogens (tertiary/aromatic N) is 2. The van der Waals surface area contributed by atoms with Crippen molar-refractivity contribution in [2.24, 2.45) is 0 Å². The fourth-order valence-electron chi connectivity index (χ4n) is 4.02. The van der Waals surface area contributed by atoms with Crippen LogP contribution < -0.4 is 0 Å². The molecule has 34 heavy (non-hydrogen) atoms. The molecule has 2 aromatic heterocycles. The highest BCUT2D eigenvalue weighted by Gasteiger charge is 2.36. The van der Waals surface area contributed by atoms with Crippen LogP contribution in [0, 0.1) is 13.8 Å². The van der Waals surface area contributed by atoms with Crippen molar-refractivity contribution in [3.63, 3.8) is 0 Å². The first kappa shape index (κ1) is 23.2. The molecule has 1 aliphatic heterocycles. The molecule has 2 amide bonds. The molecule has 1 aliphatic rings. The third-order valence-electron chi connectivity index (χ3n) is 5.83. The van der Waals surface area contributed by atoms with E-state index in [-0.39, 0.29) is 29.0 Å². The standard InChI is InChI=1S/C25H24N2O7/c1-15-11-20(16(2)26(15)8-10-32-3)22(28)14-34-25(31)17-6-7-19-21(12-17)24(30)27(23(19)29)13-18-5-4-9-33-18/h4-7,9,11-12H,8,10,13-14H2,1-3H3. The number of methoxy groups -OCH3 is 1. The molecule has 9 heteroatoms. The number of esters is 1. The highest BCUT2D eigenvalue weighted by molar-refractivity contribution is 6.21. The number of hydrogen-bond donors (Lipinski definition) is 0. The number of fused-ring (bicyclic) bond motifs is 1. The van der Waals surface area contributed by atoms with Gasteiger partial charge in [-0.3, -0.25) is 19.3 Å². The molecule has 3 heterocycles. The number of carbonyl (C=O) groups is 4. The Morgan fingerprint density at radius 2 is 1.79 bits per heavy atom.